The molecule has 9 heteroatoms. The van der Waals surface area contributed by atoms with Gasteiger partial charge in [-0.05, 0) is 0 Å². The number of hydrogen-bond acceptors (Lipinski definition) is 3. The monoisotopic (exact) mass is 272 g/mol. The molecule has 0 saturated carbocycles. The van der Waals surface area contributed by atoms with E-state index in [1.54, 1.807) is 13.1 Å². The molecule has 17 heavy (non-hydrogen) atoms. The smallest absolute Gasteiger partial charge is 0.222 e. The number of sulfonamides is 1. The molecule has 0 amide bonds. The van der Waals surface area contributed by atoms with Crippen LogP contribution in [0.3, 0.4) is 0 Å². The number of aliphatic imine (C=N–C) groups is 1. The first-order chi connectivity index (χ1) is 7.62. The molecule has 5 nitrogen and oxygen atoms in total. The van der Waals surface area contributed by atoms with Crippen molar-refractivity contribution in [3.63, 3.8) is 0 Å². The molecule has 0 saturated heterocycles. The van der Waals surface area contributed by atoms with Crippen LogP contribution in [0.25, 0.3) is 0 Å². The van der Waals surface area contributed by atoms with E-state index < -0.39 is 34.2 Å². The third-order valence-corrected chi connectivity index (χ3v) is 3.50. The molecule has 1 aliphatic heterocycles. The van der Waals surface area contributed by atoms with E-state index in [9.17, 15) is 21.6 Å². The van der Waals surface area contributed by atoms with E-state index in [4.69, 9.17) is 0 Å². The zero-order valence-electron chi connectivity index (χ0n) is 9.08. The highest BCUT2D eigenvalue weighted by molar-refractivity contribution is 7.89. The van der Waals surface area contributed by atoms with Gasteiger partial charge in [-0.2, -0.15) is 13.2 Å². The summed E-state index contributed by atoms with van der Waals surface area (Å²) in [4.78, 5) is 6.79. The molecule has 1 atom stereocenters. The molecule has 0 aromatic carbocycles. The average Bonchev–Trinajstić information content (AvgIpc) is 2.60. The maximum atomic E-state index is 11.8. The lowest BCUT2D eigenvalue weighted by atomic mass is 10.2. The summed E-state index contributed by atoms with van der Waals surface area (Å²) >= 11 is 0. The van der Waals surface area contributed by atoms with Crippen LogP contribution in [0.1, 0.15) is 13.3 Å². The molecule has 98 valence electrons. The maximum absolute atomic E-state index is 11.8. The molecule has 0 fully saturated rings. The van der Waals surface area contributed by atoms with Gasteiger partial charge in [-0.15, -0.1) is 0 Å². The van der Waals surface area contributed by atoms with Gasteiger partial charge in [0.25, 0.3) is 5.66 Å². The zero-order chi connectivity index (χ0) is 13.2. The number of nitrogens with one attached hydrogen (secondary N) is 2. The maximum Gasteiger partial charge on any atom is 0.402 e. The minimum Gasteiger partial charge on any atom is -0.222 e. The summed E-state index contributed by atoms with van der Waals surface area (Å²) < 4.78 is 59.6. The van der Waals surface area contributed by atoms with E-state index in [0.717, 1.165) is 0 Å². The van der Waals surface area contributed by atoms with Gasteiger partial charge >= 0.3 is 6.18 Å². The SMILES string of the molecule is CC1(CCS(=O)(=O)NCC(F)(F)F)N=CC=[NH+]1. The van der Waals surface area contributed by atoms with Crippen molar-refractivity contribution in [2.24, 2.45) is 4.99 Å². The third kappa shape index (κ3) is 5.26. The summed E-state index contributed by atoms with van der Waals surface area (Å²) in [6.07, 6.45) is -1.42. The number of alkyl halides is 3. The van der Waals surface area contributed by atoms with Gasteiger partial charge in [-0.3, -0.25) is 0 Å². The van der Waals surface area contributed by atoms with Gasteiger partial charge in [-0.25, -0.2) is 23.1 Å². The highest BCUT2D eigenvalue weighted by Crippen LogP contribution is 2.13. The predicted octanol–water partition coefficient (Wildman–Crippen LogP) is -1.19. The van der Waals surface area contributed by atoms with Gasteiger partial charge < -0.3 is 0 Å². The van der Waals surface area contributed by atoms with E-state index >= 15 is 0 Å². The number of hydrogen-bond donors (Lipinski definition) is 2. The van der Waals surface area contributed by atoms with E-state index in [-0.39, 0.29) is 6.42 Å². The second-order valence-electron chi connectivity index (χ2n) is 3.87. The highest BCUT2D eigenvalue weighted by atomic mass is 32.2. The van der Waals surface area contributed by atoms with Crippen molar-refractivity contribution >= 4 is 22.5 Å². The van der Waals surface area contributed by atoms with Crippen molar-refractivity contribution in [3.05, 3.63) is 0 Å². The Balaban J connectivity index is 2.45. The molecule has 2 N–H and O–H groups in total. The highest BCUT2D eigenvalue weighted by Gasteiger charge is 2.33. The Morgan fingerprint density at radius 2 is 2.12 bits per heavy atom. The molecule has 0 aliphatic carbocycles. The van der Waals surface area contributed by atoms with Crippen molar-refractivity contribution in [1.29, 1.82) is 0 Å². The van der Waals surface area contributed by atoms with Crippen molar-refractivity contribution in [3.8, 4) is 0 Å². The first kappa shape index (κ1) is 14.1. The molecule has 0 radical (unpaired) electrons. The second kappa shape index (κ2) is 4.73. The van der Waals surface area contributed by atoms with Gasteiger partial charge in [0, 0.05) is 13.3 Å². The normalized spacial score (nSPS) is 24.5. The standard InChI is InChI=1S/C8H12F3N3O2S/c1-7(12-3-4-13-7)2-5-17(15,16)14-6-8(9,10)11/h3-4,14H,2,5-6H2,1H3/p+1. The van der Waals surface area contributed by atoms with Crippen molar-refractivity contribution in [2.45, 2.75) is 25.2 Å². The Hall–Kier alpha value is -0.960. The first-order valence-corrected chi connectivity index (χ1v) is 6.46. The van der Waals surface area contributed by atoms with Crippen LogP contribution in [0.5, 0.6) is 0 Å². The summed E-state index contributed by atoms with van der Waals surface area (Å²) in [6.45, 7) is 0.112. The Morgan fingerprint density at radius 1 is 1.47 bits per heavy atom. The van der Waals surface area contributed by atoms with E-state index in [0.29, 0.717) is 0 Å². The summed E-state index contributed by atoms with van der Waals surface area (Å²) in [5.41, 5.74) is -0.757. The lowest BCUT2D eigenvalue weighted by Gasteiger charge is -2.13. The number of rotatable bonds is 5. The van der Waals surface area contributed by atoms with Crippen LogP contribution in [-0.4, -0.2) is 45.0 Å². The largest absolute Gasteiger partial charge is 0.402 e. The zero-order valence-corrected chi connectivity index (χ0v) is 9.90. The molecular formula is C8H13F3N3O2S+. The molecule has 0 aromatic heterocycles. The van der Waals surface area contributed by atoms with Crippen LogP contribution < -0.4 is 9.71 Å². The third-order valence-electron chi connectivity index (χ3n) is 2.18. The van der Waals surface area contributed by atoms with Gasteiger partial charge in [-0.1, -0.05) is 0 Å². The number of nitrogens with zero attached hydrogens (tertiary/aromatic N) is 1. The lowest BCUT2D eigenvalue weighted by molar-refractivity contribution is -0.537. The van der Waals surface area contributed by atoms with Crippen LogP contribution in [0.15, 0.2) is 4.99 Å². The predicted molar refractivity (Wildman–Crippen MR) is 56.4 cm³/mol. The average molecular weight is 272 g/mol. The second-order valence-corrected chi connectivity index (χ2v) is 5.79. The minimum atomic E-state index is -4.55. The van der Waals surface area contributed by atoms with Crippen LogP contribution in [-0.2, 0) is 10.0 Å². The van der Waals surface area contributed by atoms with Gasteiger partial charge in [0.1, 0.15) is 6.54 Å². The van der Waals surface area contributed by atoms with Gasteiger partial charge in [0.2, 0.25) is 10.0 Å². The van der Waals surface area contributed by atoms with Crippen molar-refractivity contribution in [2.75, 3.05) is 12.3 Å². The van der Waals surface area contributed by atoms with E-state index in [2.05, 4.69) is 9.98 Å². The lowest BCUT2D eigenvalue weighted by Crippen LogP contribution is -2.81. The fourth-order valence-corrected chi connectivity index (χ4v) is 2.38. The fraction of sp³-hybridized carbons (Fsp3) is 0.750. The fourth-order valence-electron chi connectivity index (χ4n) is 1.19. The Morgan fingerprint density at radius 3 is 2.59 bits per heavy atom. The van der Waals surface area contributed by atoms with Gasteiger partial charge in [0.05, 0.1) is 12.0 Å². The van der Waals surface area contributed by atoms with Crippen molar-refractivity contribution < 1.29 is 26.6 Å². The molecule has 1 rings (SSSR count). The van der Waals surface area contributed by atoms with Crippen LogP contribution in [0, 0.1) is 0 Å². The molecule has 1 unspecified atom stereocenters. The topological polar surface area (TPSA) is 72.5 Å². The Kier molecular flexibility index (Phi) is 3.92. The molecule has 0 aromatic rings. The summed E-state index contributed by atoms with van der Waals surface area (Å²) in [5, 5.41) is 0. The first-order valence-electron chi connectivity index (χ1n) is 4.81. The van der Waals surface area contributed by atoms with Crippen LogP contribution in [0.4, 0.5) is 13.2 Å². The summed E-state index contributed by atoms with van der Waals surface area (Å²) in [7, 11) is -3.94. The summed E-state index contributed by atoms with van der Waals surface area (Å²) in [5.74, 6) is -0.419. The summed E-state index contributed by atoms with van der Waals surface area (Å²) in [6, 6.07) is 0. The molecule has 1 heterocycles. The molecule has 0 bridgehead atoms. The molecule has 0 spiro atoms. The Labute approximate surface area is 96.9 Å². The van der Waals surface area contributed by atoms with Crippen LogP contribution in [0.2, 0.25) is 0 Å². The minimum absolute atomic E-state index is 0.0905. The van der Waals surface area contributed by atoms with Crippen molar-refractivity contribution in [1.82, 2.24) is 4.72 Å². The van der Waals surface area contributed by atoms with Crippen LogP contribution >= 0.6 is 0 Å². The Bertz CT molecular complexity index is 416. The molecular weight excluding hydrogens is 259 g/mol. The number of halogens is 3. The van der Waals surface area contributed by atoms with E-state index in [1.807, 2.05) is 0 Å². The van der Waals surface area contributed by atoms with E-state index in [1.165, 1.54) is 10.9 Å². The molecule has 1 aliphatic rings. The van der Waals surface area contributed by atoms with Gasteiger partial charge in [0.15, 0.2) is 6.21 Å². The quantitative estimate of drug-likeness (QED) is 0.660.